The van der Waals surface area contributed by atoms with E-state index in [2.05, 4.69) is 73.7 Å². The number of rotatable bonds is 4. The molecular formula is C43H51OS+. The minimum atomic E-state index is -0.0829. The van der Waals surface area contributed by atoms with Crippen molar-refractivity contribution in [1.29, 1.82) is 0 Å². The average Bonchev–Trinajstić information content (AvgIpc) is 3.12. The zero-order valence-corrected chi connectivity index (χ0v) is 28.1. The Bertz CT molecular complexity index is 1450. The standard InChI is InChI=1S/C25H38.C18H13OS/c1-19-24(21-13-7-3-8-14-21)17-23(20-11-5-2-6-12-20)18-25(19)22-15-9-4-10-16-22;1-2-8-14(9-3-1)20-17-12-6-4-10-15(17)19-16-11-5-7-13-18(16)20/h17-18,20-22H,2-16H2,1H3;1-13H/q;+1. The van der Waals surface area contributed by atoms with Crippen molar-refractivity contribution in [2.24, 2.45) is 0 Å². The molecule has 0 amide bonds. The molecule has 3 fully saturated rings. The highest BCUT2D eigenvalue weighted by Gasteiger charge is 2.38. The highest BCUT2D eigenvalue weighted by Crippen LogP contribution is 2.47. The van der Waals surface area contributed by atoms with Crippen LogP contribution in [0.3, 0.4) is 0 Å². The molecule has 1 aliphatic heterocycles. The van der Waals surface area contributed by atoms with Crippen molar-refractivity contribution < 1.29 is 4.74 Å². The molecule has 4 aromatic rings. The van der Waals surface area contributed by atoms with E-state index in [-0.39, 0.29) is 10.9 Å². The molecule has 0 spiro atoms. The van der Waals surface area contributed by atoms with Gasteiger partial charge in [0.1, 0.15) is 10.9 Å². The van der Waals surface area contributed by atoms with Crippen LogP contribution in [-0.4, -0.2) is 0 Å². The minimum absolute atomic E-state index is 0.0829. The van der Waals surface area contributed by atoms with Gasteiger partial charge in [0.15, 0.2) is 16.4 Å². The summed E-state index contributed by atoms with van der Waals surface area (Å²) in [7, 11) is -0.0829. The Morgan fingerprint density at radius 1 is 0.489 bits per heavy atom. The molecule has 0 unspecified atom stereocenters. The highest BCUT2D eigenvalue weighted by molar-refractivity contribution is 7.97. The lowest BCUT2D eigenvalue weighted by atomic mass is 9.74. The van der Waals surface area contributed by atoms with Crippen LogP contribution in [0.25, 0.3) is 0 Å². The van der Waals surface area contributed by atoms with Crippen molar-refractivity contribution in [3.05, 3.63) is 113 Å². The first-order valence-corrected chi connectivity index (χ1v) is 19.3. The number of benzene rings is 4. The van der Waals surface area contributed by atoms with Gasteiger partial charge in [0.25, 0.3) is 0 Å². The molecule has 0 atom stereocenters. The van der Waals surface area contributed by atoms with Crippen molar-refractivity contribution in [3.63, 3.8) is 0 Å². The highest BCUT2D eigenvalue weighted by atomic mass is 32.2. The smallest absolute Gasteiger partial charge is 0.209 e. The average molecular weight is 616 g/mol. The fourth-order valence-corrected chi connectivity index (χ4v) is 10.8. The number of fused-ring (bicyclic) bond motifs is 2. The fraction of sp³-hybridized carbons (Fsp3) is 0.442. The Morgan fingerprint density at radius 2 is 0.911 bits per heavy atom. The zero-order valence-electron chi connectivity index (χ0n) is 27.3. The van der Waals surface area contributed by atoms with E-state index < -0.39 is 0 Å². The summed E-state index contributed by atoms with van der Waals surface area (Å²) in [6.45, 7) is 2.47. The van der Waals surface area contributed by atoms with E-state index in [1.807, 2.05) is 24.3 Å². The lowest BCUT2D eigenvalue weighted by molar-refractivity contribution is 0.425. The summed E-state index contributed by atoms with van der Waals surface area (Å²) >= 11 is 0. The third-order valence-electron chi connectivity index (χ3n) is 11.0. The largest absolute Gasteiger partial charge is 0.447 e. The molecular weight excluding hydrogens is 565 g/mol. The quantitative estimate of drug-likeness (QED) is 0.183. The van der Waals surface area contributed by atoms with Gasteiger partial charge in [-0.15, -0.1) is 0 Å². The van der Waals surface area contributed by atoms with E-state index in [1.165, 1.54) is 111 Å². The van der Waals surface area contributed by atoms with Crippen LogP contribution >= 0.6 is 0 Å². The fourth-order valence-electron chi connectivity index (χ4n) is 8.58. The van der Waals surface area contributed by atoms with Gasteiger partial charge < -0.3 is 4.74 Å². The monoisotopic (exact) mass is 615 g/mol. The first-order valence-electron chi connectivity index (χ1n) is 18.1. The summed E-state index contributed by atoms with van der Waals surface area (Å²) in [5.41, 5.74) is 6.96. The van der Waals surface area contributed by atoms with Crippen LogP contribution in [0.5, 0.6) is 11.5 Å². The third-order valence-corrected chi connectivity index (χ3v) is 13.3. The molecule has 0 saturated heterocycles. The molecule has 0 N–H and O–H groups in total. The van der Waals surface area contributed by atoms with Crippen molar-refractivity contribution >= 4 is 10.9 Å². The Kier molecular flexibility index (Phi) is 9.97. The lowest BCUT2D eigenvalue weighted by Crippen LogP contribution is -2.14. The lowest BCUT2D eigenvalue weighted by Gasteiger charge is -2.31. The molecule has 234 valence electrons. The van der Waals surface area contributed by atoms with Gasteiger partial charge in [0.2, 0.25) is 9.79 Å². The van der Waals surface area contributed by atoms with E-state index in [9.17, 15) is 0 Å². The van der Waals surface area contributed by atoms with E-state index in [4.69, 9.17) is 4.74 Å². The minimum Gasteiger partial charge on any atom is -0.447 e. The van der Waals surface area contributed by atoms with Crippen LogP contribution < -0.4 is 4.74 Å². The number of hydrogen-bond donors (Lipinski definition) is 0. The van der Waals surface area contributed by atoms with Gasteiger partial charge in [-0.05, 0) is 122 Å². The van der Waals surface area contributed by atoms with Gasteiger partial charge in [-0.3, -0.25) is 0 Å². The second kappa shape index (κ2) is 14.6. The van der Waals surface area contributed by atoms with Crippen molar-refractivity contribution in [1.82, 2.24) is 0 Å². The molecule has 1 heterocycles. The van der Waals surface area contributed by atoms with Gasteiger partial charge >= 0.3 is 0 Å². The Morgan fingerprint density at radius 3 is 1.40 bits per heavy atom. The van der Waals surface area contributed by atoms with Crippen LogP contribution in [0, 0.1) is 6.92 Å². The molecule has 0 aromatic heterocycles. The van der Waals surface area contributed by atoms with Gasteiger partial charge in [-0.1, -0.05) is 112 Å². The molecule has 4 aliphatic rings. The second-order valence-electron chi connectivity index (χ2n) is 13.9. The molecule has 1 nitrogen and oxygen atoms in total. The zero-order chi connectivity index (χ0) is 30.4. The first kappa shape index (κ1) is 30.7. The predicted octanol–water partition coefficient (Wildman–Crippen LogP) is 13.0. The normalized spacial score (nSPS) is 19.5. The Balaban J connectivity index is 0.000000148. The van der Waals surface area contributed by atoms with Crippen LogP contribution in [0.4, 0.5) is 0 Å². The van der Waals surface area contributed by atoms with Crippen molar-refractivity contribution in [2.75, 3.05) is 0 Å². The summed E-state index contributed by atoms with van der Waals surface area (Å²) in [4.78, 5) is 3.85. The van der Waals surface area contributed by atoms with Crippen LogP contribution in [0.2, 0.25) is 0 Å². The Labute approximate surface area is 275 Å². The molecule has 8 rings (SSSR count). The summed E-state index contributed by atoms with van der Waals surface area (Å²) in [5.74, 6) is 4.52. The maximum absolute atomic E-state index is 6.04. The molecule has 0 radical (unpaired) electrons. The van der Waals surface area contributed by atoms with Gasteiger partial charge in [-0.2, -0.15) is 0 Å². The molecule has 45 heavy (non-hydrogen) atoms. The summed E-state index contributed by atoms with van der Waals surface area (Å²) in [6.07, 6.45) is 21.8. The maximum atomic E-state index is 6.04. The SMILES string of the molecule is Cc1c(C2CCCCC2)cc(C2CCCCC2)cc1C1CCCCC1.c1ccc([S+]2c3ccccc3Oc3ccccc32)cc1. The van der Waals surface area contributed by atoms with Gasteiger partial charge in [0.05, 0.1) is 0 Å². The first-order chi connectivity index (χ1) is 22.3. The van der Waals surface area contributed by atoms with E-state index >= 15 is 0 Å². The van der Waals surface area contributed by atoms with Gasteiger partial charge in [-0.25, -0.2) is 0 Å². The summed E-state index contributed by atoms with van der Waals surface area (Å²) in [5, 5.41) is 0. The maximum Gasteiger partial charge on any atom is 0.209 e. The van der Waals surface area contributed by atoms with Crippen molar-refractivity contribution in [2.45, 2.75) is 136 Å². The van der Waals surface area contributed by atoms with Gasteiger partial charge in [0, 0.05) is 0 Å². The van der Waals surface area contributed by atoms with E-state index in [0.29, 0.717) is 0 Å². The number of hydrogen-bond acceptors (Lipinski definition) is 1. The third kappa shape index (κ3) is 6.92. The molecule has 0 bridgehead atoms. The van der Waals surface area contributed by atoms with Crippen LogP contribution in [-0.2, 0) is 10.9 Å². The molecule has 2 heteroatoms. The van der Waals surface area contributed by atoms with E-state index in [1.54, 1.807) is 22.3 Å². The predicted molar refractivity (Wildman–Crippen MR) is 190 cm³/mol. The molecule has 4 aromatic carbocycles. The topological polar surface area (TPSA) is 9.23 Å². The number of ether oxygens (including phenoxy) is 1. The van der Waals surface area contributed by atoms with Crippen LogP contribution in [0.15, 0.2) is 106 Å². The summed E-state index contributed by atoms with van der Waals surface area (Å²) < 4.78 is 6.04. The summed E-state index contributed by atoms with van der Waals surface area (Å²) in [6, 6.07) is 32.7. The number of para-hydroxylation sites is 2. The molecule has 3 aliphatic carbocycles. The second-order valence-corrected chi connectivity index (χ2v) is 15.9. The molecule has 3 saturated carbocycles. The van der Waals surface area contributed by atoms with Crippen molar-refractivity contribution in [3.8, 4) is 11.5 Å². The van der Waals surface area contributed by atoms with Crippen LogP contribution in [0.1, 0.15) is 136 Å². The Hall–Kier alpha value is -2.97. The van der Waals surface area contributed by atoms with E-state index in [0.717, 1.165) is 29.3 Å².